The number of hydrogen-bond donors (Lipinski definition) is 0. The molecule has 8 heavy (non-hydrogen) atoms. The zero-order chi connectivity index (χ0) is 6.28. The summed E-state index contributed by atoms with van der Waals surface area (Å²) in [7, 11) is -3.67. The van der Waals surface area contributed by atoms with E-state index in [1.54, 1.807) is 0 Å². The largest absolute Gasteiger partial charge is 1.00 e. The van der Waals surface area contributed by atoms with Crippen LogP contribution in [0.15, 0.2) is 0 Å². The van der Waals surface area contributed by atoms with Crippen molar-refractivity contribution in [1.82, 2.24) is 0 Å². The van der Waals surface area contributed by atoms with Crippen LogP contribution in [-0.2, 0) is 0 Å². The zero-order valence-corrected chi connectivity index (χ0v) is 4.37. The van der Waals surface area contributed by atoms with E-state index in [1.807, 2.05) is 0 Å². The zero-order valence-electron chi connectivity index (χ0n) is 4.37. The van der Waals surface area contributed by atoms with Crippen LogP contribution in [0.2, 0.25) is 0 Å². The van der Waals surface area contributed by atoms with Crippen molar-refractivity contribution >= 4 is 7.54 Å². The van der Waals surface area contributed by atoms with Crippen molar-refractivity contribution < 1.29 is 31.8 Å². The smallest absolute Gasteiger partial charge is 0.305 e. The molecule has 0 aromatic carbocycles. The van der Waals surface area contributed by atoms with Crippen LogP contribution in [0.1, 0.15) is 0 Å². The Balaban J connectivity index is -0.0000000575. The molecule has 0 spiro atoms. The number of nitrogens with zero attached hydrogens (tertiary/aromatic N) is 1. The molecule has 0 bridgehead atoms. The second kappa shape index (κ2) is 15.8. The van der Waals surface area contributed by atoms with Crippen LogP contribution in [0.3, 0.4) is 0 Å². The number of halogens is 3. The molecule has 0 N–H and O–H groups in total. The standard InChI is InChI=1S/C2H2N.BF3.Li/c1-2-3;2-1(3)4;/h1H2;;/q-1;;+1. The Labute approximate surface area is 58.3 Å². The summed E-state index contributed by atoms with van der Waals surface area (Å²) in [6, 6.07) is 1.50. The van der Waals surface area contributed by atoms with E-state index in [0.717, 1.165) is 0 Å². The molecule has 0 aliphatic rings. The van der Waals surface area contributed by atoms with Gasteiger partial charge in [0.25, 0.3) is 0 Å². The van der Waals surface area contributed by atoms with Crippen LogP contribution >= 0.6 is 0 Å². The fourth-order valence-electron chi connectivity index (χ4n) is 0. The molecular formula is C2H2BF3LiN. The Bertz CT molecular complexity index is 60.0. The molecule has 0 fully saturated rings. The molecular weight excluding hydrogens is 113 g/mol. The van der Waals surface area contributed by atoms with E-state index < -0.39 is 7.54 Å². The quantitative estimate of drug-likeness (QED) is 0.270. The summed E-state index contributed by atoms with van der Waals surface area (Å²) < 4.78 is 29.0. The minimum Gasteiger partial charge on any atom is -0.305 e. The predicted octanol–water partition coefficient (Wildman–Crippen LogP) is -1.77. The van der Waals surface area contributed by atoms with Gasteiger partial charge in [-0.25, -0.2) is 5.26 Å². The second-order valence-electron chi connectivity index (χ2n) is 0.406. The van der Waals surface area contributed by atoms with Crippen molar-refractivity contribution in [3.8, 4) is 6.07 Å². The maximum Gasteiger partial charge on any atom is 1.00 e. The average Bonchev–Trinajstić information content (AvgIpc) is 1.33. The topological polar surface area (TPSA) is 23.8 Å². The van der Waals surface area contributed by atoms with Crippen LogP contribution in [0.25, 0.3) is 0 Å². The SMILES string of the molecule is FB(F)F.[CH2-]C#N.[Li+]. The third-order valence-electron chi connectivity index (χ3n) is 0. The van der Waals surface area contributed by atoms with Crippen LogP contribution < -0.4 is 18.9 Å². The summed E-state index contributed by atoms with van der Waals surface area (Å²) in [5, 5.41) is 7.21. The summed E-state index contributed by atoms with van der Waals surface area (Å²) in [4.78, 5) is 0. The summed E-state index contributed by atoms with van der Waals surface area (Å²) in [5.74, 6) is 0. The van der Waals surface area contributed by atoms with Crippen molar-refractivity contribution in [3.05, 3.63) is 6.92 Å². The number of hydrogen-bond acceptors (Lipinski definition) is 1. The first-order valence-electron chi connectivity index (χ1n) is 1.23. The molecule has 0 radical (unpaired) electrons. The van der Waals surface area contributed by atoms with Gasteiger partial charge in [0.15, 0.2) is 0 Å². The maximum atomic E-state index is 9.67. The fourth-order valence-corrected chi connectivity index (χ4v) is 0. The first-order valence-corrected chi connectivity index (χ1v) is 1.23. The molecule has 0 aliphatic carbocycles. The Morgan fingerprint density at radius 2 is 1.38 bits per heavy atom. The number of nitriles is 1. The van der Waals surface area contributed by atoms with Crippen LogP contribution in [0.4, 0.5) is 12.9 Å². The monoisotopic (exact) mass is 115 g/mol. The Morgan fingerprint density at radius 1 is 1.38 bits per heavy atom. The van der Waals surface area contributed by atoms with Gasteiger partial charge in [-0.3, -0.25) is 12.9 Å². The van der Waals surface area contributed by atoms with E-state index in [0.29, 0.717) is 0 Å². The first kappa shape index (κ1) is 15.7. The van der Waals surface area contributed by atoms with Gasteiger partial charge < -0.3 is 6.92 Å². The molecule has 0 aromatic heterocycles. The Kier molecular flexibility index (Phi) is 31.0. The molecule has 0 unspecified atom stereocenters. The molecule has 0 heterocycles. The van der Waals surface area contributed by atoms with E-state index in [9.17, 15) is 12.9 Å². The van der Waals surface area contributed by atoms with Crippen LogP contribution in [0, 0.1) is 18.3 Å². The van der Waals surface area contributed by atoms with Crippen molar-refractivity contribution in [2.45, 2.75) is 0 Å². The molecule has 0 atom stereocenters. The van der Waals surface area contributed by atoms with Crippen LogP contribution in [-0.4, -0.2) is 7.54 Å². The molecule has 40 valence electrons. The molecule has 6 heteroatoms. The molecule has 0 aromatic rings. The van der Waals surface area contributed by atoms with Gasteiger partial charge in [-0.2, -0.15) is 0 Å². The van der Waals surface area contributed by atoms with Crippen LogP contribution in [0.5, 0.6) is 0 Å². The molecule has 0 amide bonds. The van der Waals surface area contributed by atoms with Gasteiger partial charge in [-0.15, -0.1) is 6.07 Å². The minimum absolute atomic E-state index is 0. The van der Waals surface area contributed by atoms with Gasteiger partial charge in [0.05, 0.1) is 0 Å². The normalized spacial score (nSPS) is 4.25. The molecule has 0 rings (SSSR count). The predicted molar refractivity (Wildman–Crippen MR) is 20.0 cm³/mol. The summed E-state index contributed by atoms with van der Waals surface area (Å²) >= 11 is 0. The first-order chi connectivity index (χ1) is 3.15. The van der Waals surface area contributed by atoms with Gasteiger partial charge in [0.2, 0.25) is 0 Å². The van der Waals surface area contributed by atoms with Crippen molar-refractivity contribution in [1.29, 1.82) is 5.26 Å². The summed E-state index contributed by atoms with van der Waals surface area (Å²) in [6.45, 7) is 2.79. The molecule has 1 nitrogen and oxygen atoms in total. The van der Waals surface area contributed by atoms with Gasteiger partial charge in [0, 0.05) is 0 Å². The Hall–Kier alpha value is -0.188. The Morgan fingerprint density at radius 3 is 1.38 bits per heavy atom. The average molecular weight is 115 g/mol. The second-order valence-corrected chi connectivity index (χ2v) is 0.406. The van der Waals surface area contributed by atoms with E-state index in [2.05, 4.69) is 6.92 Å². The van der Waals surface area contributed by atoms with Crippen molar-refractivity contribution in [2.75, 3.05) is 0 Å². The minimum atomic E-state index is -3.67. The van der Waals surface area contributed by atoms with Crippen molar-refractivity contribution in [3.63, 3.8) is 0 Å². The fraction of sp³-hybridized carbons (Fsp3) is 0. The van der Waals surface area contributed by atoms with Gasteiger partial charge >= 0.3 is 26.4 Å². The van der Waals surface area contributed by atoms with E-state index in [4.69, 9.17) is 5.26 Å². The molecule has 0 saturated heterocycles. The number of rotatable bonds is 0. The van der Waals surface area contributed by atoms with Crippen molar-refractivity contribution in [2.24, 2.45) is 0 Å². The van der Waals surface area contributed by atoms with Gasteiger partial charge in [-0.1, -0.05) is 0 Å². The van der Waals surface area contributed by atoms with Gasteiger partial charge in [0.1, 0.15) is 0 Å². The third kappa shape index (κ3) is 3820. The maximum absolute atomic E-state index is 9.67. The van der Waals surface area contributed by atoms with E-state index in [1.165, 1.54) is 6.07 Å². The van der Waals surface area contributed by atoms with Gasteiger partial charge in [-0.05, 0) is 0 Å². The summed E-state index contributed by atoms with van der Waals surface area (Å²) in [5.41, 5.74) is 0. The summed E-state index contributed by atoms with van der Waals surface area (Å²) in [6.07, 6.45) is 0. The third-order valence-corrected chi connectivity index (χ3v) is 0. The van der Waals surface area contributed by atoms with E-state index in [-0.39, 0.29) is 18.9 Å². The molecule has 0 saturated carbocycles. The molecule has 0 aliphatic heterocycles. The van der Waals surface area contributed by atoms with E-state index >= 15 is 0 Å².